The first-order valence-corrected chi connectivity index (χ1v) is 7.42. The third-order valence-corrected chi connectivity index (χ3v) is 3.12. The van der Waals surface area contributed by atoms with E-state index in [1.54, 1.807) is 18.6 Å². The van der Waals surface area contributed by atoms with E-state index in [1.807, 2.05) is 0 Å². The van der Waals surface area contributed by atoms with E-state index in [4.69, 9.17) is 4.74 Å². The highest BCUT2D eigenvalue weighted by Gasteiger charge is 2.00. The van der Waals surface area contributed by atoms with Gasteiger partial charge in [0.25, 0.3) is 0 Å². The van der Waals surface area contributed by atoms with Gasteiger partial charge in [-0.15, -0.1) is 0 Å². The Hall–Kier alpha value is -1.38. The summed E-state index contributed by atoms with van der Waals surface area (Å²) in [6.07, 6.45) is 15.4. The molecule has 0 aliphatic heterocycles. The van der Waals surface area contributed by atoms with Gasteiger partial charge in [-0.3, -0.25) is 4.98 Å². The van der Waals surface area contributed by atoms with Crippen molar-refractivity contribution in [3.63, 3.8) is 0 Å². The van der Waals surface area contributed by atoms with Crippen molar-refractivity contribution in [3.05, 3.63) is 30.9 Å². The van der Waals surface area contributed by atoms with Crippen LogP contribution in [0.5, 0.6) is 0 Å². The van der Waals surface area contributed by atoms with Crippen LogP contribution in [-0.4, -0.2) is 16.6 Å². The van der Waals surface area contributed by atoms with Crippen LogP contribution >= 0.6 is 0 Å². The second kappa shape index (κ2) is 10.5. The first-order chi connectivity index (χ1) is 9.34. The molecule has 0 unspecified atom stereocenters. The van der Waals surface area contributed by atoms with E-state index in [2.05, 4.69) is 23.5 Å². The number of rotatable bonds is 11. The fraction of sp³-hybridized carbons (Fsp3) is 0.625. The Kier molecular flexibility index (Phi) is 8.69. The van der Waals surface area contributed by atoms with Crippen LogP contribution in [0.15, 0.2) is 25.2 Å². The lowest BCUT2D eigenvalue weighted by Gasteiger charge is -2.07. The lowest BCUT2D eigenvalue weighted by atomic mass is 10.1. The Morgan fingerprint density at radius 3 is 2.37 bits per heavy atom. The molecular weight excluding hydrogens is 236 g/mol. The number of aromatic nitrogens is 2. The molecule has 0 spiro atoms. The molecule has 3 heteroatoms. The molecular formula is C16H26N2O. The van der Waals surface area contributed by atoms with E-state index >= 15 is 0 Å². The Labute approximate surface area is 117 Å². The predicted molar refractivity (Wildman–Crippen MR) is 79.6 cm³/mol. The molecule has 0 bridgehead atoms. The van der Waals surface area contributed by atoms with E-state index in [9.17, 15) is 0 Å². The molecule has 1 heterocycles. The van der Waals surface area contributed by atoms with Crippen LogP contribution in [-0.2, 0) is 4.74 Å². The van der Waals surface area contributed by atoms with Gasteiger partial charge in [0.1, 0.15) is 11.5 Å². The van der Waals surface area contributed by atoms with Crippen molar-refractivity contribution in [2.24, 2.45) is 0 Å². The minimum absolute atomic E-state index is 0.621. The summed E-state index contributed by atoms with van der Waals surface area (Å²) in [5.74, 6) is 0.621. The van der Waals surface area contributed by atoms with Crippen molar-refractivity contribution in [1.29, 1.82) is 0 Å². The molecule has 106 valence electrons. The van der Waals surface area contributed by atoms with E-state index in [0.29, 0.717) is 5.76 Å². The Balaban J connectivity index is 1.95. The van der Waals surface area contributed by atoms with Crippen LogP contribution in [0.2, 0.25) is 0 Å². The summed E-state index contributed by atoms with van der Waals surface area (Å²) < 4.78 is 5.58. The smallest absolute Gasteiger partial charge is 0.139 e. The van der Waals surface area contributed by atoms with Crippen LogP contribution < -0.4 is 0 Å². The highest BCUT2D eigenvalue weighted by molar-refractivity contribution is 5.51. The maximum absolute atomic E-state index is 5.58. The molecule has 0 atom stereocenters. The van der Waals surface area contributed by atoms with Crippen LogP contribution in [0.3, 0.4) is 0 Å². The molecule has 0 saturated heterocycles. The Morgan fingerprint density at radius 2 is 1.74 bits per heavy atom. The molecule has 0 amide bonds. The standard InChI is InChI=1S/C16H26N2O/c1-3-4-5-6-7-8-9-10-13-19-15(2)16-14-17-11-12-18-16/h11-12,14H,2-10,13H2,1H3. The van der Waals surface area contributed by atoms with Gasteiger partial charge in [0.15, 0.2) is 0 Å². The second-order valence-corrected chi connectivity index (χ2v) is 4.84. The molecule has 0 N–H and O–H groups in total. The van der Waals surface area contributed by atoms with Gasteiger partial charge >= 0.3 is 0 Å². The largest absolute Gasteiger partial charge is 0.492 e. The van der Waals surface area contributed by atoms with Crippen molar-refractivity contribution >= 4 is 5.76 Å². The van der Waals surface area contributed by atoms with Gasteiger partial charge in [0.2, 0.25) is 0 Å². The molecule has 0 radical (unpaired) electrons. The van der Waals surface area contributed by atoms with Gasteiger partial charge in [0, 0.05) is 12.4 Å². The van der Waals surface area contributed by atoms with E-state index in [1.165, 1.54) is 44.9 Å². The zero-order chi connectivity index (χ0) is 13.8. The van der Waals surface area contributed by atoms with E-state index in [0.717, 1.165) is 18.7 Å². The zero-order valence-electron chi connectivity index (χ0n) is 12.1. The van der Waals surface area contributed by atoms with E-state index < -0.39 is 0 Å². The maximum atomic E-state index is 5.58. The summed E-state index contributed by atoms with van der Waals surface area (Å²) >= 11 is 0. The molecule has 1 aromatic heterocycles. The topological polar surface area (TPSA) is 35.0 Å². The van der Waals surface area contributed by atoms with Crippen LogP contribution in [0.25, 0.3) is 5.76 Å². The van der Waals surface area contributed by atoms with Gasteiger partial charge < -0.3 is 4.74 Å². The van der Waals surface area contributed by atoms with Gasteiger partial charge in [-0.1, -0.05) is 58.4 Å². The third kappa shape index (κ3) is 7.60. The maximum Gasteiger partial charge on any atom is 0.139 e. The average molecular weight is 262 g/mol. The van der Waals surface area contributed by atoms with Crippen molar-refractivity contribution < 1.29 is 4.74 Å². The van der Waals surface area contributed by atoms with Gasteiger partial charge in [-0.25, -0.2) is 4.98 Å². The van der Waals surface area contributed by atoms with Crippen molar-refractivity contribution in [1.82, 2.24) is 9.97 Å². The first kappa shape index (κ1) is 15.7. The molecule has 0 fully saturated rings. The summed E-state index contributed by atoms with van der Waals surface area (Å²) in [7, 11) is 0. The lowest BCUT2D eigenvalue weighted by molar-refractivity contribution is 0.266. The van der Waals surface area contributed by atoms with Gasteiger partial charge in [-0.2, -0.15) is 0 Å². The third-order valence-electron chi connectivity index (χ3n) is 3.12. The number of nitrogens with zero attached hydrogens (tertiary/aromatic N) is 2. The van der Waals surface area contributed by atoms with Gasteiger partial charge in [-0.05, 0) is 6.42 Å². The number of unbranched alkanes of at least 4 members (excludes halogenated alkanes) is 7. The summed E-state index contributed by atoms with van der Waals surface area (Å²) in [4.78, 5) is 8.14. The monoisotopic (exact) mass is 262 g/mol. The minimum atomic E-state index is 0.621. The van der Waals surface area contributed by atoms with Crippen LogP contribution in [0.1, 0.15) is 64.0 Å². The fourth-order valence-electron chi connectivity index (χ4n) is 1.95. The molecule has 0 saturated carbocycles. The quantitative estimate of drug-likeness (QED) is 0.431. The normalized spacial score (nSPS) is 10.4. The fourth-order valence-corrected chi connectivity index (χ4v) is 1.95. The van der Waals surface area contributed by atoms with Crippen molar-refractivity contribution in [2.45, 2.75) is 58.3 Å². The Bertz CT molecular complexity index is 338. The van der Waals surface area contributed by atoms with Crippen LogP contribution in [0, 0.1) is 0 Å². The molecule has 0 aromatic carbocycles. The average Bonchev–Trinajstić information content (AvgIpc) is 2.46. The Morgan fingerprint density at radius 1 is 1.05 bits per heavy atom. The zero-order valence-corrected chi connectivity index (χ0v) is 12.1. The molecule has 3 nitrogen and oxygen atoms in total. The molecule has 1 aromatic rings. The van der Waals surface area contributed by atoms with Crippen LogP contribution in [0.4, 0.5) is 0 Å². The molecule has 19 heavy (non-hydrogen) atoms. The summed E-state index contributed by atoms with van der Waals surface area (Å²) in [5.41, 5.74) is 0.724. The number of ether oxygens (including phenoxy) is 1. The molecule has 0 aliphatic carbocycles. The SMILES string of the molecule is C=C(OCCCCCCCCCC)c1cnccn1. The number of hydrogen-bond acceptors (Lipinski definition) is 3. The summed E-state index contributed by atoms with van der Waals surface area (Å²) in [5, 5.41) is 0. The minimum Gasteiger partial charge on any atom is -0.492 e. The highest BCUT2D eigenvalue weighted by atomic mass is 16.5. The molecule has 1 rings (SSSR count). The second-order valence-electron chi connectivity index (χ2n) is 4.84. The lowest BCUT2D eigenvalue weighted by Crippen LogP contribution is -1.96. The summed E-state index contributed by atoms with van der Waals surface area (Å²) in [6.45, 7) is 6.85. The van der Waals surface area contributed by atoms with E-state index in [-0.39, 0.29) is 0 Å². The van der Waals surface area contributed by atoms with Crippen molar-refractivity contribution in [2.75, 3.05) is 6.61 Å². The highest BCUT2D eigenvalue weighted by Crippen LogP contribution is 2.11. The molecule has 0 aliphatic rings. The predicted octanol–water partition coefficient (Wildman–Crippen LogP) is 4.60. The number of hydrogen-bond donors (Lipinski definition) is 0. The van der Waals surface area contributed by atoms with Crippen molar-refractivity contribution in [3.8, 4) is 0 Å². The summed E-state index contributed by atoms with van der Waals surface area (Å²) in [6, 6.07) is 0. The first-order valence-electron chi connectivity index (χ1n) is 7.42. The van der Waals surface area contributed by atoms with Gasteiger partial charge in [0.05, 0.1) is 12.8 Å².